The van der Waals surface area contributed by atoms with E-state index in [-0.39, 0.29) is 5.56 Å². The van der Waals surface area contributed by atoms with Crippen LogP contribution in [0.15, 0.2) is 48.2 Å². The summed E-state index contributed by atoms with van der Waals surface area (Å²) in [6.45, 7) is 4.43. The first-order valence-electron chi connectivity index (χ1n) is 7.14. The highest BCUT2D eigenvalue weighted by molar-refractivity contribution is 5.27. The van der Waals surface area contributed by atoms with Gasteiger partial charge in [0.25, 0.3) is 0 Å². The van der Waals surface area contributed by atoms with Crippen molar-refractivity contribution in [1.82, 2.24) is 0 Å². The Balaban J connectivity index is 0. The molecule has 0 bridgehead atoms. The van der Waals surface area contributed by atoms with Gasteiger partial charge in [-0.2, -0.15) is 26.3 Å². The first-order valence-corrected chi connectivity index (χ1v) is 7.14. The highest BCUT2D eigenvalue weighted by atomic mass is 19.4. The lowest BCUT2D eigenvalue weighted by Crippen LogP contribution is -2.16. The Labute approximate surface area is 143 Å². The molecule has 8 heteroatoms. The Bertz CT molecular complexity index is 545. The first kappa shape index (κ1) is 25.3. The number of benzene rings is 1. The molecule has 0 saturated carbocycles. The molecule has 1 aromatic carbocycles. The van der Waals surface area contributed by atoms with Gasteiger partial charge < -0.3 is 10.8 Å². The average molecular weight is 371 g/mol. The predicted octanol–water partition coefficient (Wildman–Crippen LogP) is 5.23. The number of nitrogens with two attached hydrogens (primary N) is 1. The minimum Gasteiger partial charge on any atom is -0.405 e. The van der Waals surface area contributed by atoms with Gasteiger partial charge in [0.2, 0.25) is 0 Å². The van der Waals surface area contributed by atoms with Crippen molar-refractivity contribution in [2.45, 2.75) is 33.1 Å². The fourth-order valence-electron chi connectivity index (χ4n) is 1.66. The molecule has 3 N–H and O–H groups in total. The highest BCUT2D eigenvalue weighted by Gasteiger charge is 2.34. The summed E-state index contributed by atoms with van der Waals surface area (Å²) in [7, 11) is 1.00. The van der Waals surface area contributed by atoms with E-state index in [1.807, 2.05) is 0 Å². The fraction of sp³-hybridized carbons (Fsp3) is 0.412. The zero-order chi connectivity index (χ0) is 20.3. The Hall–Kier alpha value is -1.96. The minimum atomic E-state index is -4.26. The van der Waals surface area contributed by atoms with Gasteiger partial charge in [-0.1, -0.05) is 38.1 Å². The van der Waals surface area contributed by atoms with Crippen LogP contribution in [-0.2, 0) is 6.18 Å². The van der Waals surface area contributed by atoms with Gasteiger partial charge in [-0.25, -0.2) is 0 Å². The molecule has 0 heterocycles. The minimum absolute atomic E-state index is 0.264. The monoisotopic (exact) mass is 371 g/mol. The first-order chi connectivity index (χ1) is 11.4. The van der Waals surface area contributed by atoms with Crippen LogP contribution in [0.3, 0.4) is 0 Å². The second-order valence-electron chi connectivity index (χ2n) is 4.97. The second kappa shape index (κ2) is 11.6. The summed E-state index contributed by atoms with van der Waals surface area (Å²) in [5.41, 5.74) is 4.07. The summed E-state index contributed by atoms with van der Waals surface area (Å²) < 4.78 is 72.6. The van der Waals surface area contributed by atoms with E-state index in [1.165, 1.54) is 39.0 Å². The molecular weight excluding hydrogens is 348 g/mol. The molecule has 2 nitrogen and oxygen atoms in total. The van der Waals surface area contributed by atoms with Gasteiger partial charge in [0.1, 0.15) is 0 Å². The third-order valence-corrected chi connectivity index (χ3v) is 2.79. The molecular formula is C17H23F6NO. The van der Waals surface area contributed by atoms with Crippen molar-refractivity contribution in [3.63, 3.8) is 0 Å². The van der Waals surface area contributed by atoms with E-state index >= 15 is 0 Å². The van der Waals surface area contributed by atoms with Crippen LogP contribution < -0.4 is 5.73 Å². The van der Waals surface area contributed by atoms with E-state index in [4.69, 9.17) is 10.8 Å². The number of halogens is 6. The van der Waals surface area contributed by atoms with Crippen LogP contribution in [0.5, 0.6) is 0 Å². The Morgan fingerprint density at radius 2 is 1.52 bits per heavy atom. The van der Waals surface area contributed by atoms with Gasteiger partial charge >= 0.3 is 12.4 Å². The number of rotatable bonds is 2. The van der Waals surface area contributed by atoms with Gasteiger partial charge in [0.15, 0.2) is 0 Å². The van der Waals surface area contributed by atoms with Crippen molar-refractivity contribution in [2.75, 3.05) is 7.11 Å². The molecule has 0 amide bonds. The number of aryl methyl sites for hydroxylation is 1. The zero-order valence-electron chi connectivity index (χ0n) is 14.4. The lowest BCUT2D eigenvalue weighted by molar-refractivity contribution is -0.138. The van der Waals surface area contributed by atoms with Crippen molar-refractivity contribution in [3.8, 4) is 0 Å². The van der Waals surface area contributed by atoms with Gasteiger partial charge in [-0.05, 0) is 36.7 Å². The normalized spacial score (nSPS) is 12.4. The van der Waals surface area contributed by atoms with Crippen LogP contribution >= 0.6 is 0 Å². The molecule has 144 valence electrons. The van der Waals surface area contributed by atoms with Crippen molar-refractivity contribution in [1.29, 1.82) is 0 Å². The van der Waals surface area contributed by atoms with Crippen molar-refractivity contribution in [3.05, 3.63) is 59.3 Å². The number of aliphatic hydroxyl groups is 1. The van der Waals surface area contributed by atoms with Crippen LogP contribution in [0.4, 0.5) is 26.3 Å². The summed E-state index contributed by atoms with van der Waals surface area (Å²) in [4.78, 5) is 0. The Morgan fingerprint density at radius 3 is 1.80 bits per heavy atom. The van der Waals surface area contributed by atoms with Gasteiger partial charge in [-0.3, -0.25) is 0 Å². The van der Waals surface area contributed by atoms with Crippen LogP contribution in [0.2, 0.25) is 0 Å². The van der Waals surface area contributed by atoms with Gasteiger partial charge in [0.05, 0.1) is 5.56 Å². The van der Waals surface area contributed by atoms with E-state index in [1.54, 1.807) is 6.07 Å². The van der Waals surface area contributed by atoms with Crippen LogP contribution in [0, 0.1) is 12.8 Å². The summed E-state index contributed by atoms with van der Waals surface area (Å²) in [5, 5.41) is 7.00. The molecule has 1 rings (SSSR count). The molecule has 0 fully saturated rings. The zero-order valence-corrected chi connectivity index (χ0v) is 14.4. The lowest BCUT2D eigenvalue weighted by atomic mass is 10.0. The molecule has 1 aromatic rings. The quantitative estimate of drug-likeness (QED) is 0.553. The highest BCUT2D eigenvalue weighted by Crippen LogP contribution is 2.31. The van der Waals surface area contributed by atoms with Gasteiger partial charge in [0, 0.05) is 12.7 Å². The summed E-state index contributed by atoms with van der Waals surface area (Å²) in [5.74, 6) is -0.541. The molecule has 0 aliphatic heterocycles. The van der Waals surface area contributed by atoms with Crippen molar-refractivity contribution >= 4 is 0 Å². The summed E-state index contributed by atoms with van der Waals surface area (Å²) >= 11 is 0. The van der Waals surface area contributed by atoms with Gasteiger partial charge in [-0.15, -0.1) is 0 Å². The van der Waals surface area contributed by atoms with E-state index in [2.05, 4.69) is 0 Å². The number of hydrogen-bond donors (Lipinski definition) is 2. The number of aliphatic hydroxyl groups excluding tert-OH is 1. The second-order valence-corrected chi connectivity index (χ2v) is 4.97. The summed E-state index contributed by atoms with van der Waals surface area (Å²) in [6, 6.07) is 5.50. The van der Waals surface area contributed by atoms with Crippen LogP contribution in [0.25, 0.3) is 0 Å². The lowest BCUT2D eigenvalue weighted by Gasteiger charge is -2.13. The van der Waals surface area contributed by atoms with E-state index in [9.17, 15) is 26.3 Å². The fourth-order valence-corrected chi connectivity index (χ4v) is 1.66. The molecule has 0 saturated heterocycles. The number of hydrogen-bond acceptors (Lipinski definition) is 2. The molecule has 0 radical (unpaired) electrons. The maximum atomic E-state index is 12.2. The van der Waals surface area contributed by atoms with Crippen molar-refractivity contribution in [2.24, 2.45) is 11.7 Å². The average Bonchev–Trinajstić information content (AvgIpc) is 2.48. The van der Waals surface area contributed by atoms with Crippen molar-refractivity contribution < 1.29 is 31.4 Å². The molecule has 0 aromatic heterocycles. The molecule has 0 spiro atoms. The van der Waals surface area contributed by atoms with Crippen LogP contribution in [-0.4, -0.2) is 18.4 Å². The Morgan fingerprint density at radius 1 is 1.04 bits per heavy atom. The summed E-state index contributed by atoms with van der Waals surface area (Å²) in [6.07, 6.45) is -5.22. The topological polar surface area (TPSA) is 46.2 Å². The largest absolute Gasteiger partial charge is 0.416 e. The van der Waals surface area contributed by atoms with E-state index in [0.29, 0.717) is 0 Å². The third-order valence-electron chi connectivity index (χ3n) is 2.79. The number of allylic oxidation sites excluding steroid dienone is 3. The third kappa shape index (κ3) is 10.5. The maximum Gasteiger partial charge on any atom is 0.416 e. The molecule has 25 heavy (non-hydrogen) atoms. The smallest absolute Gasteiger partial charge is 0.405 e. The Kier molecular flexibility index (Phi) is 11.7. The standard InChI is InChI=1S/C8H12F3N.C8H7F3.CH4O/c1-6(2)7(4-3-5-12)8(9,10)11;1-6-4-2-3-5-7(6)8(9,10)11;1-2/h3-6H,12H2,1-2H3;2-5H,1H3;2H,1H3/b5-3-,7-4+;;. The molecule has 0 aliphatic rings. The van der Waals surface area contributed by atoms with E-state index in [0.717, 1.165) is 25.5 Å². The molecule has 0 unspecified atom stereocenters. The maximum absolute atomic E-state index is 12.2. The predicted molar refractivity (Wildman–Crippen MR) is 86.6 cm³/mol. The van der Waals surface area contributed by atoms with Crippen LogP contribution in [0.1, 0.15) is 25.0 Å². The number of alkyl halides is 6. The molecule has 0 atom stereocenters. The SMILES string of the molecule is CC(C)/C(=C\C=C/N)C(F)(F)F.CO.Cc1ccccc1C(F)(F)F. The van der Waals surface area contributed by atoms with E-state index < -0.39 is 29.4 Å². The molecule has 0 aliphatic carbocycles.